The number of H-pyrrole nitrogens is 1. The number of rotatable bonds is 2. The summed E-state index contributed by atoms with van der Waals surface area (Å²) in [7, 11) is 0. The monoisotopic (exact) mass is 222 g/mol. The lowest BCUT2D eigenvalue weighted by Gasteiger charge is -2.26. The summed E-state index contributed by atoms with van der Waals surface area (Å²) in [6.45, 7) is 2.20. The third-order valence-corrected chi connectivity index (χ3v) is 3.09. The van der Waals surface area contributed by atoms with E-state index in [1.807, 2.05) is 0 Å². The van der Waals surface area contributed by atoms with E-state index in [-0.39, 0.29) is 12.1 Å². The minimum atomic E-state index is -0.296. The Morgan fingerprint density at radius 1 is 1.56 bits per heavy atom. The van der Waals surface area contributed by atoms with Gasteiger partial charge in [0.1, 0.15) is 11.8 Å². The standard InChI is InChI=1S/C12H18N2O2/c1-8-3-2-4-10(5-8)16-12(15)11-6-9(13)7-14-11/h6-8,10,14H,2-5,13H2,1H3. The smallest absolute Gasteiger partial charge is 0.355 e. The summed E-state index contributed by atoms with van der Waals surface area (Å²) in [5.41, 5.74) is 6.53. The van der Waals surface area contributed by atoms with Gasteiger partial charge in [0.05, 0.1) is 5.69 Å². The number of aromatic amines is 1. The maximum Gasteiger partial charge on any atom is 0.355 e. The Hall–Kier alpha value is -1.45. The molecule has 1 saturated carbocycles. The van der Waals surface area contributed by atoms with Crippen LogP contribution in [0, 0.1) is 5.92 Å². The van der Waals surface area contributed by atoms with Crippen molar-refractivity contribution in [2.24, 2.45) is 5.92 Å². The molecule has 1 fully saturated rings. The fourth-order valence-electron chi connectivity index (χ4n) is 2.23. The SMILES string of the molecule is CC1CCCC(OC(=O)c2cc(N)c[nH]2)C1. The van der Waals surface area contributed by atoms with Crippen molar-refractivity contribution in [2.75, 3.05) is 5.73 Å². The molecule has 16 heavy (non-hydrogen) atoms. The summed E-state index contributed by atoms with van der Waals surface area (Å²) in [4.78, 5) is 14.5. The van der Waals surface area contributed by atoms with Crippen LogP contribution < -0.4 is 5.73 Å². The molecule has 1 aliphatic rings. The molecule has 2 rings (SSSR count). The lowest BCUT2D eigenvalue weighted by Crippen LogP contribution is -2.24. The molecule has 88 valence electrons. The molecule has 0 aliphatic heterocycles. The largest absolute Gasteiger partial charge is 0.458 e. The first kappa shape index (κ1) is 11.0. The van der Waals surface area contributed by atoms with Gasteiger partial charge in [-0.25, -0.2) is 4.79 Å². The van der Waals surface area contributed by atoms with Gasteiger partial charge in [0, 0.05) is 6.20 Å². The second-order valence-electron chi connectivity index (χ2n) is 4.65. The van der Waals surface area contributed by atoms with E-state index in [0.717, 1.165) is 19.3 Å². The number of nitrogen functional groups attached to an aromatic ring is 1. The molecule has 4 nitrogen and oxygen atoms in total. The molecule has 1 aliphatic carbocycles. The average molecular weight is 222 g/mol. The fraction of sp³-hybridized carbons (Fsp3) is 0.583. The average Bonchev–Trinajstić information content (AvgIpc) is 2.65. The van der Waals surface area contributed by atoms with Crippen LogP contribution in [0.1, 0.15) is 43.1 Å². The summed E-state index contributed by atoms with van der Waals surface area (Å²) in [5, 5.41) is 0. The van der Waals surface area contributed by atoms with Crippen LogP contribution in [0.15, 0.2) is 12.3 Å². The maximum absolute atomic E-state index is 11.7. The van der Waals surface area contributed by atoms with Gasteiger partial charge in [0.2, 0.25) is 0 Å². The topological polar surface area (TPSA) is 68.1 Å². The molecule has 0 bridgehead atoms. The van der Waals surface area contributed by atoms with Crippen molar-refractivity contribution in [1.82, 2.24) is 4.98 Å². The van der Waals surface area contributed by atoms with Crippen LogP contribution in [0.25, 0.3) is 0 Å². The number of nitrogens with one attached hydrogen (secondary N) is 1. The van der Waals surface area contributed by atoms with Crippen molar-refractivity contribution in [3.8, 4) is 0 Å². The Morgan fingerprint density at radius 2 is 2.38 bits per heavy atom. The van der Waals surface area contributed by atoms with E-state index in [1.165, 1.54) is 6.42 Å². The summed E-state index contributed by atoms with van der Waals surface area (Å²) in [6, 6.07) is 1.61. The Labute approximate surface area is 95.2 Å². The zero-order valence-corrected chi connectivity index (χ0v) is 9.53. The number of hydrogen-bond acceptors (Lipinski definition) is 3. The van der Waals surface area contributed by atoms with Gasteiger partial charge in [-0.3, -0.25) is 0 Å². The van der Waals surface area contributed by atoms with Crippen LogP contribution in [0.3, 0.4) is 0 Å². The van der Waals surface area contributed by atoms with Crippen LogP contribution >= 0.6 is 0 Å². The second-order valence-corrected chi connectivity index (χ2v) is 4.65. The third-order valence-electron chi connectivity index (χ3n) is 3.09. The molecule has 3 N–H and O–H groups in total. The van der Waals surface area contributed by atoms with E-state index in [0.29, 0.717) is 17.3 Å². The first-order valence-corrected chi connectivity index (χ1v) is 5.80. The molecule has 2 unspecified atom stereocenters. The van der Waals surface area contributed by atoms with E-state index in [2.05, 4.69) is 11.9 Å². The molecular weight excluding hydrogens is 204 g/mol. The lowest BCUT2D eigenvalue weighted by atomic mass is 9.89. The number of anilines is 1. The molecule has 4 heteroatoms. The predicted molar refractivity (Wildman–Crippen MR) is 62.0 cm³/mol. The summed E-state index contributed by atoms with van der Waals surface area (Å²) in [5.74, 6) is 0.357. The highest BCUT2D eigenvalue weighted by Gasteiger charge is 2.23. The van der Waals surface area contributed by atoms with Crippen molar-refractivity contribution in [3.05, 3.63) is 18.0 Å². The van der Waals surface area contributed by atoms with E-state index in [9.17, 15) is 4.79 Å². The zero-order chi connectivity index (χ0) is 11.5. The molecule has 1 aromatic heterocycles. The maximum atomic E-state index is 11.7. The highest BCUT2D eigenvalue weighted by atomic mass is 16.5. The Bertz CT molecular complexity index is 373. The normalized spacial score (nSPS) is 25.3. The number of nitrogens with two attached hydrogens (primary N) is 1. The molecule has 1 heterocycles. The molecule has 0 spiro atoms. The third kappa shape index (κ3) is 2.56. The van der Waals surface area contributed by atoms with Crippen molar-refractivity contribution in [3.63, 3.8) is 0 Å². The number of hydrogen-bond donors (Lipinski definition) is 2. The van der Waals surface area contributed by atoms with Crippen LogP contribution in [0.2, 0.25) is 0 Å². The fourth-order valence-corrected chi connectivity index (χ4v) is 2.23. The molecular formula is C12H18N2O2. The van der Waals surface area contributed by atoms with Gasteiger partial charge in [0.25, 0.3) is 0 Å². The van der Waals surface area contributed by atoms with Gasteiger partial charge in [0.15, 0.2) is 0 Å². The molecule has 1 aromatic rings. The van der Waals surface area contributed by atoms with Gasteiger partial charge in [-0.2, -0.15) is 0 Å². The Balaban J connectivity index is 1.92. The Kier molecular flexibility index (Phi) is 3.17. The zero-order valence-electron chi connectivity index (χ0n) is 9.53. The number of ether oxygens (including phenoxy) is 1. The van der Waals surface area contributed by atoms with Gasteiger partial charge in [-0.05, 0) is 31.2 Å². The highest BCUT2D eigenvalue weighted by Crippen LogP contribution is 2.26. The van der Waals surface area contributed by atoms with Crippen molar-refractivity contribution >= 4 is 11.7 Å². The summed E-state index contributed by atoms with van der Waals surface area (Å²) < 4.78 is 5.44. The summed E-state index contributed by atoms with van der Waals surface area (Å²) in [6.07, 6.45) is 6.00. The second kappa shape index (κ2) is 4.60. The number of aromatic nitrogens is 1. The lowest BCUT2D eigenvalue weighted by molar-refractivity contribution is 0.0149. The van der Waals surface area contributed by atoms with E-state index < -0.39 is 0 Å². The van der Waals surface area contributed by atoms with E-state index in [4.69, 9.17) is 10.5 Å². The van der Waals surface area contributed by atoms with Crippen LogP contribution in [0.5, 0.6) is 0 Å². The van der Waals surface area contributed by atoms with Crippen molar-refractivity contribution in [2.45, 2.75) is 38.7 Å². The van der Waals surface area contributed by atoms with Crippen LogP contribution in [-0.4, -0.2) is 17.1 Å². The molecule has 0 radical (unpaired) electrons. The number of esters is 1. The predicted octanol–water partition coefficient (Wildman–Crippen LogP) is 2.33. The molecule has 0 amide bonds. The molecule has 2 atom stereocenters. The van der Waals surface area contributed by atoms with E-state index in [1.54, 1.807) is 12.3 Å². The number of carbonyl (C=O) groups excluding carboxylic acids is 1. The minimum Gasteiger partial charge on any atom is -0.458 e. The Morgan fingerprint density at radius 3 is 3.00 bits per heavy atom. The van der Waals surface area contributed by atoms with Gasteiger partial charge >= 0.3 is 5.97 Å². The van der Waals surface area contributed by atoms with Gasteiger partial charge < -0.3 is 15.5 Å². The molecule has 0 aromatic carbocycles. The minimum absolute atomic E-state index is 0.0702. The quantitative estimate of drug-likeness (QED) is 0.754. The van der Waals surface area contributed by atoms with Crippen molar-refractivity contribution < 1.29 is 9.53 Å². The first-order chi connectivity index (χ1) is 7.65. The van der Waals surface area contributed by atoms with Crippen molar-refractivity contribution in [1.29, 1.82) is 0 Å². The van der Waals surface area contributed by atoms with Gasteiger partial charge in [-0.1, -0.05) is 13.3 Å². The molecule has 0 saturated heterocycles. The van der Waals surface area contributed by atoms with E-state index >= 15 is 0 Å². The highest BCUT2D eigenvalue weighted by molar-refractivity contribution is 5.88. The van der Waals surface area contributed by atoms with Crippen LogP contribution in [0.4, 0.5) is 5.69 Å². The summed E-state index contributed by atoms with van der Waals surface area (Å²) >= 11 is 0. The first-order valence-electron chi connectivity index (χ1n) is 5.80. The number of carbonyl (C=O) groups is 1. The van der Waals surface area contributed by atoms with Crippen LogP contribution in [-0.2, 0) is 4.74 Å². The van der Waals surface area contributed by atoms with Gasteiger partial charge in [-0.15, -0.1) is 0 Å².